The first-order valence-electron chi connectivity index (χ1n) is 10.7. The summed E-state index contributed by atoms with van der Waals surface area (Å²) in [6.45, 7) is 0.957. The summed E-state index contributed by atoms with van der Waals surface area (Å²) in [5.74, 6) is 0.854. The number of carbonyl (C=O) groups excluding carboxylic acids is 1. The monoisotopic (exact) mass is 415 g/mol. The highest BCUT2D eigenvalue weighted by Crippen LogP contribution is 2.29. The van der Waals surface area contributed by atoms with Crippen LogP contribution in [-0.4, -0.2) is 27.0 Å². The maximum atomic E-state index is 13.2. The number of benzene rings is 1. The first-order valence-corrected chi connectivity index (χ1v) is 10.7. The molecule has 5 rings (SSSR count). The van der Waals surface area contributed by atoms with Gasteiger partial charge in [-0.2, -0.15) is 0 Å². The molecule has 0 bridgehead atoms. The van der Waals surface area contributed by atoms with Crippen LogP contribution in [0.3, 0.4) is 0 Å². The Morgan fingerprint density at radius 2 is 1.97 bits per heavy atom. The number of para-hydroxylation sites is 2. The molecular formula is C24H25N5O2. The van der Waals surface area contributed by atoms with E-state index in [0.717, 1.165) is 36.1 Å². The number of nitrogens with two attached hydrogens (primary N) is 1. The molecule has 1 amide bonds. The molecule has 1 aliphatic carbocycles. The third kappa shape index (κ3) is 3.79. The zero-order valence-corrected chi connectivity index (χ0v) is 17.3. The van der Waals surface area contributed by atoms with Crippen molar-refractivity contribution in [3.63, 3.8) is 0 Å². The molecule has 0 atom stereocenters. The first-order chi connectivity index (χ1) is 15.2. The number of furan rings is 1. The van der Waals surface area contributed by atoms with E-state index in [4.69, 9.17) is 20.1 Å². The number of aromatic nitrogens is 3. The van der Waals surface area contributed by atoms with Gasteiger partial charge in [-0.3, -0.25) is 4.79 Å². The Morgan fingerprint density at radius 3 is 2.71 bits per heavy atom. The van der Waals surface area contributed by atoms with E-state index < -0.39 is 0 Å². The van der Waals surface area contributed by atoms with E-state index in [0.29, 0.717) is 35.6 Å². The van der Waals surface area contributed by atoms with Crippen molar-refractivity contribution < 1.29 is 9.21 Å². The largest absolute Gasteiger partial charge is 0.467 e. The van der Waals surface area contributed by atoms with Crippen molar-refractivity contribution in [3.8, 4) is 0 Å². The predicted molar refractivity (Wildman–Crippen MR) is 121 cm³/mol. The minimum atomic E-state index is -0.221. The molecule has 4 aromatic rings. The van der Waals surface area contributed by atoms with Crippen molar-refractivity contribution in [3.05, 3.63) is 65.6 Å². The second-order valence-corrected chi connectivity index (χ2v) is 7.92. The van der Waals surface area contributed by atoms with Gasteiger partial charge in [0.15, 0.2) is 5.65 Å². The Kier molecular flexibility index (Phi) is 5.16. The van der Waals surface area contributed by atoms with Gasteiger partial charge >= 0.3 is 0 Å². The SMILES string of the molecule is Nc1c(C(=O)NCCC2=CCCCC2)c2nc3ccccc3nc2n1Cc1ccco1. The summed E-state index contributed by atoms with van der Waals surface area (Å²) >= 11 is 0. The number of anilines is 1. The summed E-state index contributed by atoms with van der Waals surface area (Å²) in [6, 6.07) is 11.3. The van der Waals surface area contributed by atoms with E-state index >= 15 is 0 Å². The molecule has 0 radical (unpaired) electrons. The van der Waals surface area contributed by atoms with Crippen LogP contribution in [0.2, 0.25) is 0 Å². The molecule has 0 saturated carbocycles. The Hall–Kier alpha value is -3.61. The van der Waals surface area contributed by atoms with Gasteiger partial charge in [-0.05, 0) is 56.4 Å². The molecule has 0 unspecified atom stereocenters. The number of rotatable bonds is 6. The predicted octanol–water partition coefficient (Wildman–Crippen LogP) is 4.43. The van der Waals surface area contributed by atoms with E-state index in [1.807, 2.05) is 36.4 Å². The van der Waals surface area contributed by atoms with Crippen LogP contribution < -0.4 is 11.1 Å². The smallest absolute Gasteiger partial charge is 0.257 e. The summed E-state index contributed by atoms with van der Waals surface area (Å²) in [7, 11) is 0. The molecule has 158 valence electrons. The highest BCUT2D eigenvalue weighted by atomic mass is 16.3. The molecular weight excluding hydrogens is 390 g/mol. The molecule has 1 aliphatic rings. The lowest BCUT2D eigenvalue weighted by Gasteiger charge is -2.13. The number of nitrogens with zero attached hydrogens (tertiary/aromatic N) is 3. The Bertz CT molecular complexity index is 1270. The Labute approximate surface area is 180 Å². The number of fused-ring (bicyclic) bond motifs is 2. The van der Waals surface area contributed by atoms with E-state index in [9.17, 15) is 4.79 Å². The zero-order chi connectivity index (χ0) is 21.2. The Morgan fingerprint density at radius 1 is 1.13 bits per heavy atom. The molecule has 0 spiro atoms. The van der Waals surface area contributed by atoms with Gasteiger partial charge in [-0.15, -0.1) is 0 Å². The number of carbonyl (C=O) groups is 1. The van der Waals surface area contributed by atoms with E-state index in [2.05, 4.69) is 11.4 Å². The van der Waals surface area contributed by atoms with Crippen LogP contribution in [0.1, 0.15) is 48.2 Å². The second kappa shape index (κ2) is 8.26. The normalized spacial score (nSPS) is 14.1. The molecule has 7 nitrogen and oxygen atoms in total. The van der Waals surface area contributed by atoms with Crippen LogP contribution in [0.15, 0.2) is 58.7 Å². The van der Waals surface area contributed by atoms with Crippen LogP contribution in [0, 0.1) is 0 Å². The average Bonchev–Trinajstić information content (AvgIpc) is 3.40. The zero-order valence-electron chi connectivity index (χ0n) is 17.3. The molecule has 0 saturated heterocycles. The quantitative estimate of drug-likeness (QED) is 0.454. The number of hydrogen-bond acceptors (Lipinski definition) is 5. The van der Waals surface area contributed by atoms with Gasteiger partial charge in [0, 0.05) is 6.54 Å². The Balaban J connectivity index is 1.51. The third-order valence-electron chi connectivity index (χ3n) is 5.83. The number of hydrogen-bond donors (Lipinski definition) is 2. The summed E-state index contributed by atoms with van der Waals surface area (Å²) in [6.07, 6.45) is 9.54. The van der Waals surface area contributed by atoms with Crippen LogP contribution >= 0.6 is 0 Å². The van der Waals surface area contributed by atoms with Gasteiger partial charge in [0.1, 0.15) is 22.7 Å². The molecule has 7 heteroatoms. The van der Waals surface area contributed by atoms with Gasteiger partial charge in [0.25, 0.3) is 5.91 Å². The van der Waals surface area contributed by atoms with Gasteiger partial charge in [0.2, 0.25) is 0 Å². The number of nitrogens with one attached hydrogen (secondary N) is 1. The number of amides is 1. The van der Waals surface area contributed by atoms with E-state index in [1.165, 1.54) is 18.4 Å². The highest BCUT2D eigenvalue weighted by Gasteiger charge is 2.24. The fraction of sp³-hybridized carbons (Fsp3) is 0.292. The van der Waals surface area contributed by atoms with Crippen LogP contribution in [0.4, 0.5) is 5.82 Å². The molecule has 3 N–H and O–H groups in total. The van der Waals surface area contributed by atoms with Crippen LogP contribution in [0.5, 0.6) is 0 Å². The summed E-state index contributed by atoms with van der Waals surface area (Å²) in [5, 5.41) is 3.04. The van der Waals surface area contributed by atoms with Crippen LogP contribution in [-0.2, 0) is 6.54 Å². The summed E-state index contributed by atoms with van der Waals surface area (Å²) in [4.78, 5) is 22.7. The maximum absolute atomic E-state index is 13.2. The minimum absolute atomic E-state index is 0.221. The topological polar surface area (TPSA) is 99.0 Å². The van der Waals surface area contributed by atoms with Crippen molar-refractivity contribution in [1.29, 1.82) is 0 Å². The van der Waals surface area contributed by atoms with Gasteiger partial charge < -0.3 is 20.0 Å². The van der Waals surface area contributed by atoms with Gasteiger partial charge in [-0.1, -0.05) is 23.8 Å². The van der Waals surface area contributed by atoms with Gasteiger partial charge in [0.05, 0.1) is 23.8 Å². The molecule has 0 aliphatic heterocycles. The summed E-state index contributed by atoms with van der Waals surface area (Å²) < 4.78 is 7.30. The van der Waals surface area contributed by atoms with Crippen molar-refractivity contribution >= 4 is 33.9 Å². The van der Waals surface area contributed by atoms with Gasteiger partial charge in [-0.25, -0.2) is 9.97 Å². The van der Waals surface area contributed by atoms with Crippen molar-refractivity contribution in [2.45, 2.75) is 38.6 Å². The average molecular weight is 415 g/mol. The molecule has 3 heterocycles. The molecule has 1 aromatic carbocycles. The molecule has 31 heavy (non-hydrogen) atoms. The fourth-order valence-corrected chi connectivity index (χ4v) is 4.22. The first kappa shape index (κ1) is 19.4. The van der Waals surface area contributed by atoms with E-state index in [-0.39, 0.29) is 5.91 Å². The summed E-state index contributed by atoms with van der Waals surface area (Å²) in [5.41, 5.74) is 10.8. The van der Waals surface area contributed by atoms with Crippen molar-refractivity contribution in [2.24, 2.45) is 0 Å². The maximum Gasteiger partial charge on any atom is 0.257 e. The lowest BCUT2D eigenvalue weighted by Crippen LogP contribution is -2.26. The van der Waals surface area contributed by atoms with Crippen molar-refractivity contribution in [2.75, 3.05) is 12.3 Å². The van der Waals surface area contributed by atoms with Crippen molar-refractivity contribution in [1.82, 2.24) is 19.9 Å². The lowest BCUT2D eigenvalue weighted by molar-refractivity contribution is 0.0956. The highest BCUT2D eigenvalue weighted by molar-refractivity contribution is 6.10. The third-order valence-corrected chi connectivity index (χ3v) is 5.83. The molecule has 3 aromatic heterocycles. The van der Waals surface area contributed by atoms with Crippen LogP contribution in [0.25, 0.3) is 22.2 Å². The van der Waals surface area contributed by atoms with E-state index in [1.54, 1.807) is 10.8 Å². The standard InChI is InChI=1S/C24H25N5O2/c25-22-20(24(30)26-13-12-16-7-2-1-3-8-16)21-23(29(22)15-17-9-6-14-31-17)28-19-11-5-4-10-18(19)27-21/h4-7,9-11,14H,1-3,8,12-13,15,25H2,(H,26,30). The lowest BCUT2D eigenvalue weighted by atomic mass is 9.97. The number of allylic oxidation sites excluding steroid dienone is 1. The fourth-order valence-electron chi connectivity index (χ4n) is 4.22. The molecule has 0 fully saturated rings. The minimum Gasteiger partial charge on any atom is -0.467 e. The second-order valence-electron chi connectivity index (χ2n) is 7.92. The number of nitrogen functional groups attached to an aromatic ring is 1.